The molecule has 6 nitrogen and oxygen atoms in total. The van der Waals surface area contributed by atoms with E-state index in [4.69, 9.17) is 4.42 Å². The van der Waals surface area contributed by atoms with Gasteiger partial charge in [-0.1, -0.05) is 45.4 Å². The number of urea groups is 1. The number of carbonyl (C=O) groups is 3. The van der Waals surface area contributed by atoms with Crippen LogP contribution in [0.4, 0.5) is 10.5 Å². The molecule has 0 bridgehead atoms. The van der Waals surface area contributed by atoms with Crippen molar-refractivity contribution in [1.29, 1.82) is 0 Å². The summed E-state index contributed by atoms with van der Waals surface area (Å²) in [5, 5.41) is 2.78. The Labute approximate surface area is 198 Å². The minimum atomic E-state index is -0.800. The molecule has 0 radical (unpaired) electrons. The van der Waals surface area contributed by atoms with Crippen LogP contribution in [0.25, 0.3) is 6.08 Å². The highest BCUT2D eigenvalue weighted by Gasteiger charge is 2.37. The molecular formula is C22H14Br2N2O4S. The fourth-order valence-electron chi connectivity index (χ4n) is 2.85. The highest BCUT2D eigenvalue weighted by atomic mass is 79.9. The van der Waals surface area contributed by atoms with Gasteiger partial charge in [-0.15, -0.1) is 0 Å². The second-order valence-electron chi connectivity index (χ2n) is 6.63. The number of nitrogens with one attached hydrogen (secondary N) is 1. The van der Waals surface area contributed by atoms with Gasteiger partial charge in [-0.2, -0.15) is 0 Å². The quantitative estimate of drug-likeness (QED) is 0.315. The lowest BCUT2D eigenvalue weighted by Crippen LogP contribution is -2.54. The molecule has 0 saturated carbocycles. The van der Waals surface area contributed by atoms with Crippen LogP contribution in [-0.2, 0) is 9.59 Å². The maximum absolute atomic E-state index is 13.0. The lowest BCUT2D eigenvalue weighted by atomic mass is 10.1. The average Bonchev–Trinajstić information content (AvgIpc) is 3.07. The van der Waals surface area contributed by atoms with Gasteiger partial charge in [-0.05, 0) is 71.4 Å². The Hall–Kier alpha value is -2.62. The van der Waals surface area contributed by atoms with E-state index in [1.54, 1.807) is 30.3 Å². The summed E-state index contributed by atoms with van der Waals surface area (Å²) in [5.41, 5.74) is 1.30. The van der Waals surface area contributed by atoms with Gasteiger partial charge in [0.25, 0.3) is 11.8 Å². The van der Waals surface area contributed by atoms with Crippen LogP contribution in [0.1, 0.15) is 11.3 Å². The molecule has 0 unspecified atom stereocenters. The van der Waals surface area contributed by atoms with Crippen LogP contribution in [0.3, 0.4) is 0 Å². The molecule has 1 aliphatic heterocycles. The zero-order valence-corrected chi connectivity index (χ0v) is 20.0. The molecule has 1 aliphatic rings. The minimum Gasteiger partial charge on any atom is -0.449 e. The largest absolute Gasteiger partial charge is 0.449 e. The van der Waals surface area contributed by atoms with Crippen molar-refractivity contribution in [2.45, 2.75) is 16.9 Å². The number of rotatable bonds is 4. The molecule has 2 heterocycles. The predicted octanol–water partition coefficient (Wildman–Crippen LogP) is 5.93. The standard InChI is InChI=1S/C22H14Br2N2O4S/c1-12-2-8-16(9-3-12)31-21-18(24)11-15(30-21)10-17-19(27)25-22(29)26(20(17)28)14-6-4-13(23)5-7-14/h2-11H,1H3,(H,25,27,29)/b17-10+. The van der Waals surface area contributed by atoms with Crippen LogP contribution in [0.2, 0.25) is 0 Å². The van der Waals surface area contributed by atoms with Crippen molar-refractivity contribution < 1.29 is 18.8 Å². The van der Waals surface area contributed by atoms with Gasteiger partial charge in [0.1, 0.15) is 11.3 Å². The van der Waals surface area contributed by atoms with Crippen molar-refractivity contribution >= 4 is 73.2 Å². The van der Waals surface area contributed by atoms with Gasteiger partial charge in [0, 0.05) is 9.37 Å². The van der Waals surface area contributed by atoms with E-state index in [-0.39, 0.29) is 5.57 Å². The Morgan fingerprint density at radius 2 is 1.68 bits per heavy atom. The molecular weight excluding hydrogens is 548 g/mol. The molecule has 1 fully saturated rings. The first-order chi connectivity index (χ1) is 14.8. The summed E-state index contributed by atoms with van der Waals surface area (Å²) in [7, 11) is 0. The van der Waals surface area contributed by atoms with Crippen molar-refractivity contribution in [2.75, 3.05) is 4.90 Å². The van der Waals surface area contributed by atoms with Gasteiger partial charge in [-0.25, -0.2) is 9.69 Å². The Balaban J connectivity index is 1.63. The first-order valence-corrected chi connectivity index (χ1v) is 11.4. The molecule has 0 aliphatic carbocycles. The number of furan rings is 1. The summed E-state index contributed by atoms with van der Waals surface area (Å²) in [6.45, 7) is 2.01. The minimum absolute atomic E-state index is 0.198. The molecule has 156 valence electrons. The Bertz CT molecular complexity index is 1220. The summed E-state index contributed by atoms with van der Waals surface area (Å²) in [6.07, 6.45) is 1.33. The molecule has 31 heavy (non-hydrogen) atoms. The van der Waals surface area contributed by atoms with Gasteiger partial charge in [-0.3, -0.25) is 14.9 Å². The molecule has 4 rings (SSSR count). The average molecular weight is 562 g/mol. The number of nitrogens with zero attached hydrogens (tertiary/aromatic N) is 1. The van der Waals surface area contributed by atoms with E-state index in [1.807, 2.05) is 31.2 Å². The third-order valence-electron chi connectivity index (χ3n) is 4.38. The van der Waals surface area contributed by atoms with E-state index in [1.165, 1.54) is 17.8 Å². The number of halogens is 2. The summed E-state index contributed by atoms with van der Waals surface area (Å²) in [6, 6.07) is 15.4. The maximum Gasteiger partial charge on any atom is 0.335 e. The number of benzene rings is 2. The highest BCUT2D eigenvalue weighted by Crippen LogP contribution is 2.37. The van der Waals surface area contributed by atoms with Gasteiger partial charge >= 0.3 is 6.03 Å². The number of hydrogen-bond donors (Lipinski definition) is 1. The zero-order chi connectivity index (χ0) is 22.1. The van der Waals surface area contributed by atoms with E-state index in [2.05, 4.69) is 37.2 Å². The van der Waals surface area contributed by atoms with Crippen LogP contribution in [0, 0.1) is 6.92 Å². The van der Waals surface area contributed by atoms with E-state index in [9.17, 15) is 14.4 Å². The molecule has 4 amide bonds. The molecule has 0 atom stereocenters. The molecule has 1 N–H and O–H groups in total. The van der Waals surface area contributed by atoms with E-state index in [0.29, 0.717) is 21.0 Å². The fourth-order valence-corrected chi connectivity index (χ4v) is 4.44. The number of aryl methyl sites for hydroxylation is 1. The summed E-state index contributed by atoms with van der Waals surface area (Å²) in [5.74, 6) is -1.19. The normalized spacial score (nSPS) is 15.5. The molecule has 9 heteroatoms. The summed E-state index contributed by atoms with van der Waals surface area (Å²) in [4.78, 5) is 39.5. The highest BCUT2D eigenvalue weighted by molar-refractivity contribution is 9.10. The smallest absolute Gasteiger partial charge is 0.335 e. The van der Waals surface area contributed by atoms with Crippen LogP contribution in [0.5, 0.6) is 0 Å². The van der Waals surface area contributed by atoms with Crippen LogP contribution in [0.15, 0.2) is 83.5 Å². The molecule has 3 aromatic rings. The Morgan fingerprint density at radius 1 is 1.00 bits per heavy atom. The second kappa shape index (κ2) is 8.86. The maximum atomic E-state index is 13.0. The van der Waals surface area contributed by atoms with Gasteiger partial charge in [0.05, 0.1) is 10.2 Å². The van der Waals surface area contributed by atoms with E-state index < -0.39 is 17.8 Å². The third kappa shape index (κ3) is 4.68. The van der Waals surface area contributed by atoms with Gasteiger partial charge in [0.15, 0.2) is 5.09 Å². The number of anilines is 1. The molecule has 1 aromatic heterocycles. The lowest BCUT2D eigenvalue weighted by Gasteiger charge is -2.26. The third-order valence-corrected chi connectivity index (χ3v) is 6.76. The van der Waals surface area contributed by atoms with Crippen LogP contribution < -0.4 is 10.2 Å². The molecule has 0 spiro atoms. The monoisotopic (exact) mass is 560 g/mol. The summed E-state index contributed by atoms with van der Waals surface area (Å²) >= 11 is 8.17. The zero-order valence-electron chi connectivity index (χ0n) is 16.0. The number of amides is 4. The van der Waals surface area contributed by atoms with Gasteiger partial charge < -0.3 is 4.42 Å². The Morgan fingerprint density at radius 3 is 2.35 bits per heavy atom. The SMILES string of the molecule is Cc1ccc(Sc2oc(/C=C3\C(=O)NC(=O)N(c4ccc(Br)cc4)C3=O)cc2Br)cc1. The van der Waals surface area contributed by atoms with E-state index in [0.717, 1.165) is 19.8 Å². The molecule has 1 saturated heterocycles. The number of hydrogen-bond acceptors (Lipinski definition) is 5. The van der Waals surface area contributed by atoms with Crippen molar-refractivity contribution in [3.05, 3.63) is 80.4 Å². The van der Waals surface area contributed by atoms with E-state index >= 15 is 0 Å². The lowest BCUT2D eigenvalue weighted by molar-refractivity contribution is -0.122. The topological polar surface area (TPSA) is 79.6 Å². The predicted molar refractivity (Wildman–Crippen MR) is 125 cm³/mol. The van der Waals surface area contributed by atoms with Crippen LogP contribution in [-0.4, -0.2) is 17.8 Å². The van der Waals surface area contributed by atoms with Crippen molar-refractivity contribution in [3.63, 3.8) is 0 Å². The van der Waals surface area contributed by atoms with Crippen molar-refractivity contribution in [3.8, 4) is 0 Å². The first-order valence-electron chi connectivity index (χ1n) is 9.03. The van der Waals surface area contributed by atoms with Crippen molar-refractivity contribution in [2.24, 2.45) is 0 Å². The van der Waals surface area contributed by atoms with Crippen LogP contribution >= 0.6 is 43.6 Å². The van der Waals surface area contributed by atoms with Crippen molar-refractivity contribution in [1.82, 2.24) is 5.32 Å². The molecule has 2 aromatic carbocycles. The Kier molecular flexibility index (Phi) is 6.17. The number of barbiturate groups is 1. The first kappa shape index (κ1) is 21.6. The summed E-state index contributed by atoms with van der Waals surface area (Å²) < 4.78 is 7.32. The second-order valence-corrected chi connectivity index (χ2v) is 9.45. The van der Waals surface area contributed by atoms with Gasteiger partial charge in [0.2, 0.25) is 0 Å². The number of carbonyl (C=O) groups excluding carboxylic acids is 3. The fraction of sp³-hybridized carbons (Fsp3) is 0.0455. The number of imide groups is 2.